The number of pyridine rings is 2. The lowest BCUT2D eigenvalue weighted by molar-refractivity contribution is -0.143. The van der Waals surface area contributed by atoms with Crippen LogP contribution < -0.4 is 14.8 Å². The van der Waals surface area contributed by atoms with Crippen molar-refractivity contribution in [2.45, 2.75) is 45.9 Å². The predicted octanol–water partition coefficient (Wildman–Crippen LogP) is 2.51. The highest BCUT2D eigenvalue weighted by molar-refractivity contribution is 6.04. The van der Waals surface area contributed by atoms with Gasteiger partial charge in [-0.1, -0.05) is 0 Å². The molecule has 0 radical (unpaired) electrons. The van der Waals surface area contributed by atoms with E-state index >= 15 is 0 Å². The number of halogens is 2. The zero-order valence-corrected chi connectivity index (χ0v) is 16.6. The van der Waals surface area contributed by atoms with Gasteiger partial charge < -0.3 is 29.7 Å². The molecule has 0 spiro atoms. The largest absolute Gasteiger partial charge is 0.475 e. The number of amides is 1. The summed E-state index contributed by atoms with van der Waals surface area (Å²) in [5, 5.41) is 20.7. The topological polar surface area (TPSA) is 123 Å². The number of carbonyl (C=O) groups excluding carboxylic acids is 1. The van der Waals surface area contributed by atoms with E-state index < -0.39 is 24.9 Å². The van der Waals surface area contributed by atoms with E-state index in [-0.39, 0.29) is 41.4 Å². The van der Waals surface area contributed by atoms with Crippen LogP contribution in [0.2, 0.25) is 0 Å². The molecule has 0 aliphatic heterocycles. The zero-order valence-electron chi connectivity index (χ0n) is 16.6. The number of nitrogens with one attached hydrogen (secondary N) is 1. The van der Waals surface area contributed by atoms with Crippen molar-refractivity contribution in [1.82, 2.24) is 9.97 Å². The highest BCUT2D eigenvalue weighted by Crippen LogP contribution is 2.21. The van der Waals surface area contributed by atoms with Crippen LogP contribution >= 0.6 is 0 Å². The third kappa shape index (κ3) is 7.50. The molecule has 1 unspecified atom stereocenters. The fourth-order valence-corrected chi connectivity index (χ4v) is 2.24. The van der Waals surface area contributed by atoms with E-state index in [2.05, 4.69) is 20.0 Å². The molecule has 1 atom stereocenters. The Kier molecular flexibility index (Phi) is 8.39. The molecule has 1 amide bonds. The highest BCUT2D eigenvalue weighted by atomic mass is 19.3. The minimum Gasteiger partial charge on any atom is -0.475 e. The third-order valence-electron chi connectivity index (χ3n) is 3.50. The summed E-state index contributed by atoms with van der Waals surface area (Å²) in [5.41, 5.74) is 0.297. The van der Waals surface area contributed by atoms with Crippen LogP contribution in [0.5, 0.6) is 11.8 Å². The van der Waals surface area contributed by atoms with E-state index in [1.165, 1.54) is 37.4 Å². The molecule has 2 heterocycles. The number of ether oxygens (including phenoxy) is 3. The van der Waals surface area contributed by atoms with Gasteiger partial charge in [-0.3, -0.25) is 4.79 Å². The second-order valence-electron chi connectivity index (χ2n) is 6.53. The molecular weight excluding hydrogens is 404 g/mol. The van der Waals surface area contributed by atoms with Crippen molar-refractivity contribution in [3.8, 4) is 11.8 Å². The van der Waals surface area contributed by atoms with Crippen LogP contribution in [0.3, 0.4) is 0 Å². The SMILES string of the molecule is CC(C)Oc1cc(C(=O)Nc2ccc(C(O)O)cn2)cc(OC(C)COC(F)F)n1. The minimum atomic E-state index is -2.92. The lowest BCUT2D eigenvalue weighted by atomic mass is 10.2. The van der Waals surface area contributed by atoms with Gasteiger partial charge in [-0.2, -0.15) is 13.8 Å². The van der Waals surface area contributed by atoms with Gasteiger partial charge in [0.2, 0.25) is 11.8 Å². The monoisotopic (exact) mass is 427 g/mol. The van der Waals surface area contributed by atoms with Crippen LogP contribution in [0.25, 0.3) is 0 Å². The molecule has 2 aromatic heterocycles. The Hall–Kier alpha value is -2.89. The van der Waals surface area contributed by atoms with Crippen LogP contribution in [0.15, 0.2) is 30.5 Å². The second kappa shape index (κ2) is 10.8. The van der Waals surface area contributed by atoms with Crippen LogP contribution in [0.4, 0.5) is 14.6 Å². The molecule has 0 bridgehead atoms. The molecule has 164 valence electrons. The van der Waals surface area contributed by atoms with Gasteiger partial charge >= 0.3 is 6.61 Å². The zero-order chi connectivity index (χ0) is 22.3. The number of anilines is 1. The lowest BCUT2D eigenvalue weighted by Crippen LogP contribution is -2.22. The van der Waals surface area contributed by atoms with Crippen molar-refractivity contribution in [3.63, 3.8) is 0 Å². The van der Waals surface area contributed by atoms with Crippen LogP contribution in [-0.4, -0.2) is 51.5 Å². The maximum absolute atomic E-state index is 12.6. The average Bonchev–Trinajstić information content (AvgIpc) is 2.66. The summed E-state index contributed by atoms with van der Waals surface area (Å²) in [6.07, 6.45) is -1.45. The van der Waals surface area contributed by atoms with Crippen LogP contribution in [-0.2, 0) is 4.74 Å². The first kappa shape index (κ1) is 23.4. The molecule has 2 rings (SSSR count). The summed E-state index contributed by atoms with van der Waals surface area (Å²) in [4.78, 5) is 20.7. The number of hydrogen-bond acceptors (Lipinski definition) is 8. The number of carbonyl (C=O) groups is 1. The van der Waals surface area contributed by atoms with Gasteiger partial charge in [-0.05, 0) is 32.9 Å². The highest BCUT2D eigenvalue weighted by Gasteiger charge is 2.16. The number of alkyl halides is 2. The van der Waals surface area contributed by atoms with Crippen molar-refractivity contribution in [2.24, 2.45) is 0 Å². The smallest absolute Gasteiger partial charge is 0.345 e. The molecule has 0 aliphatic carbocycles. The Morgan fingerprint density at radius 1 is 1.13 bits per heavy atom. The summed E-state index contributed by atoms with van der Waals surface area (Å²) in [6, 6.07) is 5.52. The minimum absolute atomic E-state index is 0.00428. The Balaban J connectivity index is 2.18. The van der Waals surface area contributed by atoms with Crippen molar-refractivity contribution in [1.29, 1.82) is 0 Å². The lowest BCUT2D eigenvalue weighted by Gasteiger charge is -2.16. The van der Waals surface area contributed by atoms with Crippen molar-refractivity contribution >= 4 is 11.7 Å². The summed E-state index contributed by atoms with van der Waals surface area (Å²) in [5.74, 6) is -0.275. The molecule has 0 aromatic carbocycles. The molecule has 30 heavy (non-hydrogen) atoms. The van der Waals surface area contributed by atoms with E-state index in [1.54, 1.807) is 13.8 Å². The molecule has 3 N–H and O–H groups in total. The van der Waals surface area contributed by atoms with Crippen molar-refractivity contribution < 1.29 is 38.0 Å². The van der Waals surface area contributed by atoms with Gasteiger partial charge in [0.1, 0.15) is 11.9 Å². The number of aromatic nitrogens is 2. The second-order valence-corrected chi connectivity index (χ2v) is 6.53. The number of aliphatic hydroxyl groups is 2. The van der Waals surface area contributed by atoms with E-state index in [0.29, 0.717) is 0 Å². The molecule has 0 saturated heterocycles. The van der Waals surface area contributed by atoms with Gasteiger partial charge in [-0.25, -0.2) is 4.98 Å². The molecule has 9 nitrogen and oxygen atoms in total. The quantitative estimate of drug-likeness (QED) is 0.494. The predicted molar refractivity (Wildman–Crippen MR) is 101 cm³/mol. The Morgan fingerprint density at radius 2 is 1.80 bits per heavy atom. The van der Waals surface area contributed by atoms with E-state index in [9.17, 15) is 13.6 Å². The fourth-order valence-electron chi connectivity index (χ4n) is 2.24. The van der Waals surface area contributed by atoms with Crippen LogP contribution in [0.1, 0.15) is 43.0 Å². The summed E-state index contributed by atoms with van der Waals surface area (Å²) < 4.78 is 39.6. The Morgan fingerprint density at radius 3 is 2.33 bits per heavy atom. The van der Waals surface area contributed by atoms with Gasteiger partial charge in [-0.15, -0.1) is 0 Å². The van der Waals surface area contributed by atoms with Crippen molar-refractivity contribution in [3.05, 3.63) is 41.6 Å². The van der Waals surface area contributed by atoms with Gasteiger partial charge in [0.15, 0.2) is 6.29 Å². The summed E-state index contributed by atoms with van der Waals surface area (Å²) >= 11 is 0. The maximum Gasteiger partial charge on any atom is 0.345 e. The van der Waals surface area contributed by atoms with Gasteiger partial charge in [0.05, 0.1) is 18.3 Å². The molecule has 0 fully saturated rings. The first-order valence-electron chi connectivity index (χ1n) is 9.02. The fraction of sp³-hybridized carbons (Fsp3) is 0.421. The van der Waals surface area contributed by atoms with E-state index in [0.717, 1.165) is 0 Å². The number of hydrogen-bond donors (Lipinski definition) is 3. The Labute approximate surface area is 171 Å². The maximum atomic E-state index is 12.6. The van der Waals surface area contributed by atoms with E-state index in [1.807, 2.05) is 0 Å². The van der Waals surface area contributed by atoms with Crippen LogP contribution in [0, 0.1) is 0 Å². The van der Waals surface area contributed by atoms with Gasteiger partial charge in [0, 0.05) is 23.9 Å². The molecule has 0 aliphatic rings. The number of nitrogens with zero attached hydrogens (tertiary/aromatic N) is 2. The first-order chi connectivity index (χ1) is 14.1. The van der Waals surface area contributed by atoms with Crippen molar-refractivity contribution in [2.75, 3.05) is 11.9 Å². The molecule has 11 heteroatoms. The standard InChI is InChI=1S/C19H23F2N3O6/c1-10(2)29-15-6-13(7-16(24-15)30-11(3)9-28-19(20)21)17(25)23-14-5-4-12(8-22-14)18(26)27/h4-8,10-11,18-19,26-27H,9H2,1-3H3,(H,22,23,25). The molecular formula is C19H23F2N3O6. The molecule has 0 saturated carbocycles. The van der Waals surface area contributed by atoms with E-state index in [4.69, 9.17) is 19.7 Å². The summed E-state index contributed by atoms with van der Waals surface area (Å²) in [7, 11) is 0. The average molecular weight is 427 g/mol. The molecule has 2 aromatic rings. The number of rotatable bonds is 10. The Bertz CT molecular complexity index is 834. The normalized spacial score (nSPS) is 12.3. The summed E-state index contributed by atoms with van der Waals surface area (Å²) in [6.45, 7) is 1.76. The van der Waals surface area contributed by atoms with Gasteiger partial charge in [0.25, 0.3) is 5.91 Å². The number of aliphatic hydroxyl groups excluding tert-OH is 1. The third-order valence-corrected chi connectivity index (χ3v) is 3.50. The first-order valence-corrected chi connectivity index (χ1v) is 9.02.